The predicted molar refractivity (Wildman–Crippen MR) is 70.0 cm³/mol. The Morgan fingerprint density at radius 2 is 1.88 bits per heavy atom. The summed E-state index contributed by atoms with van der Waals surface area (Å²) < 4.78 is 0. The van der Waals surface area contributed by atoms with E-state index in [1.807, 2.05) is 6.08 Å². The molecule has 1 fully saturated rings. The van der Waals surface area contributed by atoms with Crippen LogP contribution in [0.5, 0.6) is 0 Å². The van der Waals surface area contributed by atoms with E-state index in [1.54, 1.807) is 6.92 Å². The molecule has 1 rings (SSSR count). The van der Waals surface area contributed by atoms with Crippen LogP contribution in [0, 0.1) is 5.92 Å². The lowest BCUT2D eigenvalue weighted by Crippen LogP contribution is -2.60. The normalized spacial score (nSPS) is 29.1. The van der Waals surface area contributed by atoms with Gasteiger partial charge in [0.1, 0.15) is 0 Å². The second-order valence-corrected chi connectivity index (χ2v) is 6.33. The molecule has 0 aromatic carbocycles. The van der Waals surface area contributed by atoms with Crippen molar-refractivity contribution >= 4 is 5.97 Å². The summed E-state index contributed by atoms with van der Waals surface area (Å²) >= 11 is 0. The van der Waals surface area contributed by atoms with Gasteiger partial charge < -0.3 is 5.11 Å². The van der Waals surface area contributed by atoms with Crippen LogP contribution >= 0.6 is 0 Å². The van der Waals surface area contributed by atoms with E-state index in [0.29, 0.717) is 11.5 Å². The van der Waals surface area contributed by atoms with Crippen molar-refractivity contribution in [1.82, 2.24) is 4.90 Å². The molecule has 0 radical (unpaired) electrons. The number of aliphatic carboxylic acids is 1. The van der Waals surface area contributed by atoms with E-state index in [-0.39, 0.29) is 11.1 Å². The van der Waals surface area contributed by atoms with Crippen LogP contribution in [-0.2, 0) is 4.79 Å². The largest absolute Gasteiger partial charge is 0.478 e. The van der Waals surface area contributed by atoms with Crippen molar-refractivity contribution in [1.29, 1.82) is 0 Å². The van der Waals surface area contributed by atoms with E-state index >= 15 is 0 Å². The third-order valence-electron chi connectivity index (χ3n) is 4.54. The molecule has 98 valence electrons. The Labute approximate surface area is 105 Å². The van der Waals surface area contributed by atoms with Gasteiger partial charge in [-0.15, -0.1) is 0 Å². The van der Waals surface area contributed by atoms with Gasteiger partial charge in [0.05, 0.1) is 0 Å². The van der Waals surface area contributed by atoms with Gasteiger partial charge >= 0.3 is 5.97 Å². The maximum absolute atomic E-state index is 10.9. The van der Waals surface area contributed by atoms with Gasteiger partial charge in [-0.05, 0) is 60.4 Å². The second kappa shape index (κ2) is 4.45. The standard InChI is InChI=1S/C14H25NO2/c1-10(12(16)17)9-11-7-8-13(2,3)15(6)14(11,4)5/h9,11H,7-8H2,1-6H3,(H,16,17). The molecule has 0 saturated carbocycles. The van der Waals surface area contributed by atoms with E-state index < -0.39 is 5.97 Å². The van der Waals surface area contributed by atoms with Gasteiger partial charge in [-0.2, -0.15) is 0 Å². The summed E-state index contributed by atoms with van der Waals surface area (Å²) in [6.07, 6.45) is 4.07. The maximum atomic E-state index is 10.9. The Hall–Kier alpha value is -0.830. The summed E-state index contributed by atoms with van der Waals surface area (Å²) in [7, 11) is 2.14. The highest BCUT2D eigenvalue weighted by molar-refractivity contribution is 5.85. The molecule has 0 bridgehead atoms. The summed E-state index contributed by atoms with van der Waals surface area (Å²) in [5, 5.41) is 8.97. The van der Waals surface area contributed by atoms with Gasteiger partial charge in [0.2, 0.25) is 0 Å². The highest BCUT2D eigenvalue weighted by atomic mass is 16.4. The summed E-state index contributed by atoms with van der Waals surface area (Å²) in [5.74, 6) is -0.509. The SMILES string of the molecule is CC(=CC1CCC(C)(C)N(C)C1(C)C)C(=O)O. The Morgan fingerprint density at radius 3 is 2.35 bits per heavy atom. The molecule has 1 aliphatic heterocycles. The Balaban J connectivity index is 2.98. The van der Waals surface area contributed by atoms with Crippen LogP contribution in [0.4, 0.5) is 0 Å². The van der Waals surface area contributed by atoms with Crippen molar-refractivity contribution in [2.75, 3.05) is 7.05 Å². The minimum atomic E-state index is -0.812. The van der Waals surface area contributed by atoms with Crippen LogP contribution in [0.2, 0.25) is 0 Å². The summed E-state index contributed by atoms with van der Waals surface area (Å²) in [6.45, 7) is 10.6. The first-order valence-electron chi connectivity index (χ1n) is 6.24. The molecule has 1 aliphatic rings. The van der Waals surface area contributed by atoms with E-state index in [4.69, 9.17) is 5.11 Å². The summed E-state index contributed by atoms with van der Waals surface area (Å²) in [5.41, 5.74) is 0.639. The summed E-state index contributed by atoms with van der Waals surface area (Å²) in [4.78, 5) is 13.3. The van der Waals surface area contributed by atoms with E-state index in [2.05, 4.69) is 39.6 Å². The molecule has 17 heavy (non-hydrogen) atoms. The fraction of sp³-hybridized carbons (Fsp3) is 0.786. The van der Waals surface area contributed by atoms with Gasteiger partial charge in [-0.25, -0.2) is 4.79 Å². The van der Waals surface area contributed by atoms with Crippen molar-refractivity contribution in [2.24, 2.45) is 5.92 Å². The molecule has 1 atom stereocenters. The molecule has 1 unspecified atom stereocenters. The van der Waals surface area contributed by atoms with Crippen molar-refractivity contribution in [2.45, 2.75) is 58.5 Å². The molecule has 1 heterocycles. The molecule has 0 amide bonds. The number of carbonyl (C=O) groups is 1. The first-order valence-corrected chi connectivity index (χ1v) is 6.24. The first-order chi connectivity index (χ1) is 7.59. The second-order valence-electron chi connectivity index (χ2n) is 6.33. The third-order valence-corrected chi connectivity index (χ3v) is 4.54. The smallest absolute Gasteiger partial charge is 0.330 e. The van der Waals surface area contributed by atoms with Gasteiger partial charge in [0.25, 0.3) is 0 Å². The lowest BCUT2D eigenvalue weighted by Gasteiger charge is -2.54. The number of piperidine rings is 1. The average Bonchev–Trinajstić information content (AvgIpc) is 2.20. The molecule has 3 nitrogen and oxygen atoms in total. The van der Waals surface area contributed by atoms with E-state index in [0.717, 1.165) is 12.8 Å². The number of carboxylic acids is 1. The minimum absolute atomic E-state index is 0.00153. The van der Waals surface area contributed by atoms with Gasteiger partial charge in [0.15, 0.2) is 0 Å². The van der Waals surface area contributed by atoms with Crippen LogP contribution in [0.3, 0.4) is 0 Å². The number of hydrogen-bond donors (Lipinski definition) is 1. The molecule has 1 N–H and O–H groups in total. The van der Waals surface area contributed by atoms with Crippen LogP contribution in [0.15, 0.2) is 11.6 Å². The highest BCUT2D eigenvalue weighted by Gasteiger charge is 2.44. The zero-order valence-corrected chi connectivity index (χ0v) is 11.9. The Kier molecular flexibility index (Phi) is 3.72. The van der Waals surface area contributed by atoms with Crippen molar-refractivity contribution in [3.63, 3.8) is 0 Å². The lowest BCUT2D eigenvalue weighted by molar-refractivity contribution is -0.132. The topological polar surface area (TPSA) is 40.5 Å². The molecule has 0 aromatic heterocycles. The van der Waals surface area contributed by atoms with Crippen molar-refractivity contribution < 1.29 is 9.90 Å². The van der Waals surface area contributed by atoms with Crippen LogP contribution in [0.25, 0.3) is 0 Å². The average molecular weight is 239 g/mol. The zero-order valence-electron chi connectivity index (χ0n) is 11.9. The molecule has 1 saturated heterocycles. The zero-order chi connectivity index (χ0) is 13.4. The van der Waals surface area contributed by atoms with Crippen LogP contribution < -0.4 is 0 Å². The molecular formula is C14H25NO2. The molecule has 0 aliphatic carbocycles. The maximum Gasteiger partial charge on any atom is 0.330 e. The van der Waals surface area contributed by atoms with Crippen molar-refractivity contribution in [3.8, 4) is 0 Å². The highest BCUT2D eigenvalue weighted by Crippen LogP contribution is 2.41. The van der Waals surface area contributed by atoms with E-state index in [1.165, 1.54) is 0 Å². The monoisotopic (exact) mass is 239 g/mol. The number of nitrogens with zero attached hydrogens (tertiary/aromatic N) is 1. The number of carboxylic acid groups (broad SMARTS) is 1. The quantitative estimate of drug-likeness (QED) is 0.753. The third kappa shape index (κ3) is 2.71. The summed E-state index contributed by atoms with van der Waals surface area (Å²) in [6, 6.07) is 0. The van der Waals surface area contributed by atoms with Gasteiger partial charge in [0, 0.05) is 16.7 Å². The van der Waals surface area contributed by atoms with E-state index in [9.17, 15) is 4.79 Å². The lowest BCUT2D eigenvalue weighted by atomic mass is 9.72. The fourth-order valence-corrected chi connectivity index (χ4v) is 2.72. The number of hydrogen-bond acceptors (Lipinski definition) is 2. The van der Waals surface area contributed by atoms with Gasteiger partial charge in [-0.1, -0.05) is 6.08 Å². The Bertz CT molecular complexity index is 342. The van der Waals surface area contributed by atoms with Crippen LogP contribution in [-0.4, -0.2) is 34.1 Å². The fourth-order valence-electron chi connectivity index (χ4n) is 2.72. The molecular weight excluding hydrogens is 214 g/mol. The van der Waals surface area contributed by atoms with Gasteiger partial charge in [-0.3, -0.25) is 4.90 Å². The number of likely N-dealkylation sites (tertiary alicyclic amines) is 1. The number of rotatable bonds is 2. The molecule has 0 spiro atoms. The minimum Gasteiger partial charge on any atom is -0.478 e. The Morgan fingerprint density at radius 1 is 1.35 bits per heavy atom. The van der Waals surface area contributed by atoms with Crippen molar-refractivity contribution in [3.05, 3.63) is 11.6 Å². The first kappa shape index (κ1) is 14.2. The predicted octanol–water partition coefficient (Wildman–Crippen LogP) is 2.92. The molecule has 3 heteroatoms. The molecule has 0 aromatic rings. The van der Waals surface area contributed by atoms with Crippen LogP contribution in [0.1, 0.15) is 47.5 Å².